The van der Waals surface area contributed by atoms with Crippen LogP contribution in [0.15, 0.2) is 23.7 Å². The van der Waals surface area contributed by atoms with Gasteiger partial charge < -0.3 is 4.74 Å². The molecule has 0 amide bonds. The largest absolute Gasteiger partial charge is 0.462 e. The molecule has 0 N–H and O–H groups in total. The molecule has 2 rings (SSSR count). The number of carbonyl (C=O) groups is 1. The van der Waals surface area contributed by atoms with Gasteiger partial charge in [-0.3, -0.25) is 0 Å². The molecule has 0 saturated carbocycles. The highest BCUT2D eigenvalue weighted by Gasteiger charge is 2.17. The van der Waals surface area contributed by atoms with E-state index in [2.05, 4.69) is 9.97 Å². The third kappa shape index (κ3) is 2.62. The summed E-state index contributed by atoms with van der Waals surface area (Å²) in [6.07, 6.45) is 1.39. The van der Waals surface area contributed by atoms with Crippen LogP contribution >= 0.6 is 22.9 Å². The van der Waals surface area contributed by atoms with Crippen molar-refractivity contribution >= 4 is 28.9 Å². The van der Waals surface area contributed by atoms with Crippen molar-refractivity contribution in [3.8, 4) is 10.6 Å². The number of hydrogen-bond donors (Lipinski definition) is 0. The normalized spacial score (nSPS) is 10.2. The Balaban J connectivity index is 2.49. The summed E-state index contributed by atoms with van der Waals surface area (Å²) in [4.78, 5) is 20.5. The SMILES string of the molecule is CCOC(=O)c1cnc(Cl)nc1-c1cccs1. The predicted molar refractivity (Wildman–Crippen MR) is 66.3 cm³/mol. The van der Waals surface area contributed by atoms with Gasteiger partial charge in [-0.25, -0.2) is 14.8 Å². The molecule has 0 aliphatic carbocycles. The van der Waals surface area contributed by atoms with Crippen LogP contribution < -0.4 is 0 Å². The van der Waals surface area contributed by atoms with Crippen LogP contribution in [-0.2, 0) is 4.74 Å². The highest BCUT2D eigenvalue weighted by atomic mass is 35.5. The molecule has 0 atom stereocenters. The number of hydrogen-bond acceptors (Lipinski definition) is 5. The molecule has 88 valence electrons. The second-order valence-corrected chi connectivity index (χ2v) is 4.38. The second-order valence-electron chi connectivity index (χ2n) is 3.10. The summed E-state index contributed by atoms with van der Waals surface area (Å²) in [6.45, 7) is 2.06. The molecule has 17 heavy (non-hydrogen) atoms. The lowest BCUT2D eigenvalue weighted by Crippen LogP contribution is -2.08. The van der Waals surface area contributed by atoms with Gasteiger partial charge in [0.05, 0.1) is 17.2 Å². The van der Waals surface area contributed by atoms with Crippen LogP contribution in [0.4, 0.5) is 0 Å². The van der Waals surface area contributed by atoms with Gasteiger partial charge in [0, 0.05) is 6.20 Å². The van der Waals surface area contributed by atoms with Crippen LogP contribution in [0.2, 0.25) is 5.28 Å². The average Bonchev–Trinajstić information content (AvgIpc) is 2.82. The Kier molecular flexibility index (Phi) is 3.71. The third-order valence-corrected chi connectivity index (χ3v) is 3.07. The van der Waals surface area contributed by atoms with Crippen molar-refractivity contribution in [1.29, 1.82) is 0 Å². The molecule has 0 fully saturated rings. The Hall–Kier alpha value is -1.46. The lowest BCUT2D eigenvalue weighted by Gasteiger charge is -2.06. The van der Waals surface area contributed by atoms with E-state index in [1.54, 1.807) is 6.92 Å². The molecule has 0 bridgehead atoms. The number of esters is 1. The molecule has 0 aliphatic heterocycles. The summed E-state index contributed by atoms with van der Waals surface area (Å²) in [5.41, 5.74) is 0.845. The molecule has 0 aliphatic rings. The van der Waals surface area contributed by atoms with Crippen molar-refractivity contribution in [3.05, 3.63) is 34.6 Å². The van der Waals surface area contributed by atoms with Crippen LogP contribution in [0.3, 0.4) is 0 Å². The highest BCUT2D eigenvalue weighted by Crippen LogP contribution is 2.27. The summed E-state index contributed by atoms with van der Waals surface area (Å²) in [7, 11) is 0. The van der Waals surface area contributed by atoms with Gasteiger partial charge in [0.1, 0.15) is 5.56 Å². The van der Waals surface area contributed by atoms with E-state index >= 15 is 0 Å². The maximum atomic E-state index is 11.7. The molecule has 2 heterocycles. The Bertz CT molecular complexity index is 528. The molecule has 0 radical (unpaired) electrons. The first-order chi connectivity index (χ1) is 8.22. The third-order valence-electron chi connectivity index (χ3n) is 2.01. The number of ether oxygens (including phenoxy) is 1. The van der Waals surface area contributed by atoms with Gasteiger partial charge in [-0.1, -0.05) is 6.07 Å². The minimum atomic E-state index is -0.437. The van der Waals surface area contributed by atoms with E-state index in [4.69, 9.17) is 16.3 Å². The Labute approximate surface area is 107 Å². The standard InChI is InChI=1S/C11H9ClN2O2S/c1-2-16-10(15)7-6-13-11(12)14-9(7)8-4-3-5-17-8/h3-6H,2H2,1H3. The lowest BCUT2D eigenvalue weighted by molar-refractivity contribution is 0.0526. The van der Waals surface area contributed by atoms with E-state index in [0.717, 1.165) is 4.88 Å². The van der Waals surface area contributed by atoms with Crippen molar-refractivity contribution in [1.82, 2.24) is 9.97 Å². The quantitative estimate of drug-likeness (QED) is 0.634. The van der Waals surface area contributed by atoms with Gasteiger partial charge in [-0.05, 0) is 30.0 Å². The summed E-state index contributed by atoms with van der Waals surface area (Å²) in [6, 6.07) is 3.75. The second kappa shape index (κ2) is 5.25. The van der Waals surface area contributed by atoms with Gasteiger partial charge in [0.25, 0.3) is 0 Å². The zero-order valence-electron chi connectivity index (χ0n) is 9.01. The number of carbonyl (C=O) groups excluding carboxylic acids is 1. The first-order valence-electron chi connectivity index (χ1n) is 4.96. The first-order valence-corrected chi connectivity index (χ1v) is 6.21. The molecule has 2 aromatic rings. The fourth-order valence-electron chi connectivity index (χ4n) is 1.32. The van der Waals surface area contributed by atoms with Crippen LogP contribution in [0.25, 0.3) is 10.6 Å². The zero-order chi connectivity index (χ0) is 12.3. The van der Waals surface area contributed by atoms with Crippen LogP contribution in [-0.4, -0.2) is 22.5 Å². The Morgan fingerprint density at radius 2 is 2.41 bits per heavy atom. The van der Waals surface area contributed by atoms with E-state index in [9.17, 15) is 4.79 Å². The summed E-state index contributed by atoms with van der Waals surface area (Å²) in [5, 5.41) is 2.02. The first kappa shape index (κ1) is 12.0. The maximum Gasteiger partial charge on any atom is 0.341 e. The van der Waals surface area contributed by atoms with E-state index < -0.39 is 5.97 Å². The molecule has 0 saturated heterocycles. The minimum Gasteiger partial charge on any atom is -0.462 e. The Morgan fingerprint density at radius 3 is 3.06 bits per heavy atom. The number of aromatic nitrogens is 2. The molecule has 6 heteroatoms. The number of rotatable bonds is 3. The highest BCUT2D eigenvalue weighted by molar-refractivity contribution is 7.13. The van der Waals surface area contributed by atoms with Crippen molar-refractivity contribution in [2.45, 2.75) is 6.92 Å². The summed E-state index contributed by atoms with van der Waals surface area (Å²) < 4.78 is 4.95. The van der Waals surface area contributed by atoms with Crippen molar-refractivity contribution in [2.75, 3.05) is 6.61 Å². The fraction of sp³-hybridized carbons (Fsp3) is 0.182. The molecule has 4 nitrogen and oxygen atoms in total. The van der Waals surface area contributed by atoms with Gasteiger partial charge in [-0.15, -0.1) is 11.3 Å². The summed E-state index contributed by atoms with van der Waals surface area (Å²) in [5.74, 6) is -0.437. The monoisotopic (exact) mass is 268 g/mol. The van der Waals surface area contributed by atoms with Gasteiger partial charge >= 0.3 is 5.97 Å². The van der Waals surface area contributed by atoms with E-state index in [-0.39, 0.29) is 5.28 Å². The molecule has 0 aromatic carbocycles. The fourth-order valence-corrected chi connectivity index (χ4v) is 2.18. The van der Waals surface area contributed by atoms with Gasteiger partial charge in [0.15, 0.2) is 0 Å². The molecular weight excluding hydrogens is 260 g/mol. The summed E-state index contributed by atoms with van der Waals surface area (Å²) >= 11 is 7.22. The molecular formula is C11H9ClN2O2S. The van der Waals surface area contributed by atoms with Crippen molar-refractivity contribution in [3.63, 3.8) is 0 Å². The van der Waals surface area contributed by atoms with E-state index in [1.165, 1.54) is 17.5 Å². The van der Waals surface area contributed by atoms with Crippen LogP contribution in [0.1, 0.15) is 17.3 Å². The Morgan fingerprint density at radius 1 is 1.59 bits per heavy atom. The zero-order valence-corrected chi connectivity index (χ0v) is 10.6. The number of thiophene rings is 1. The minimum absolute atomic E-state index is 0.112. The lowest BCUT2D eigenvalue weighted by atomic mass is 10.2. The smallest absolute Gasteiger partial charge is 0.341 e. The maximum absolute atomic E-state index is 11.7. The van der Waals surface area contributed by atoms with E-state index in [1.807, 2.05) is 17.5 Å². The van der Waals surface area contributed by atoms with Gasteiger partial charge in [0.2, 0.25) is 5.28 Å². The van der Waals surface area contributed by atoms with Gasteiger partial charge in [-0.2, -0.15) is 0 Å². The molecule has 0 unspecified atom stereocenters. The predicted octanol–water partition coefficient (Wildman–Crippen LogP) is 3.04. The van der Waals surface area contributed by atoms with E-state index in [0.29, 0.717) is 17.9 Å². The average molecular weight is 269 g/mol. The van der Waals surface area contributed by atoms with Crippen molar-refractivity contribution < 1.29 is 9.53 Å². The molecule has 0 spiro atoms. The van der Waals surface area contributed by atoms with Crippen LogP contribution in [0.5, 0.6) is 0 Å². The van der Waals surface area contributed by atoms with Crippen LogP contribution in [0, 0.1) is 0 Å². The number of nitrogens with zero attached hydrogens (tertiary/aromatic N) is 2. The number of halogens is 1. The molecule has 2 aromatic heterocycles. The topological polar surface area (TPSA) is 52.1 Å². The van der Waals surface area contributed by atoms with Crippen molar-refractivity contribution in [2.24, 2.45) is 0 Å².